The van der Waals surface area contributed by atoms with E-state index in [-0.39, 0.29) is 11.5 Å². The zero-order chi connectivity index (χ0) is 11.3. The monoisotopic (exact) mass is 201 g/mol. The first-order chi connectivity index (χ1) is 7.15. The molecule has 0 spiro atoms. The lowest BCUT2D eigenvalue weighted by atomic mass is 10.2. The van der Waals surface area contributed by atoms with E-state index in [1.165, 1.54) is 6.92 Å². The van der Waals surface area contributed by atoms with E-state index in [9.17, 15) is 5.11 Å². The summed E-state index contributed by atoms with van der Waals surface area (Å²) >= 11 is 0. The second-order valence-corrected chi connectivity index (χ2v) is 3.20. The topological polar surface area (TPSA) is 47.0 Å². The van der Waals surface area contributed by atoms with E-state index < -0.39 is 0 Å². The minimum Gasteiger partial charge on any atom is -0.506 e. The van der Waals surface area contributed by atoms with Gasteiger partial charge in [-0.25, -0.2) is 0 Å². The van der Waals surface area contributed by atoms with Gasteiger partial charge in [0.1, 0.15) is 7.05 Å². The van der Waals surface area contributed by atoms with Gasteiger partial charge in [-0.1, -0.05) is 18.2 Å². The molecule has 76 valence electrons. The third-order valence-corrected chi connectivity index (χ3v) is 1.94. The molecule has 0 aromatic heterocycles. The summed E-state index contributed by atoms with van der Waals surface area (Å²) in [5.41, 5.74) is 1.23. The molecule has 0 fully saturated rings. The van der Waals surface area contributed by atoms with Crippen LogP contribution in [0.15, 0.2) is 41.8 Å². The van der Waals surface area contributed by atoms with Crippen LogP contribution in [0, 0.1) is 11.3 Å². The van der Waals surface area contributed by atoms with Crippen LogP contribution in [0.2, 0.25) is 0 Å². The molecule has 1 N–H and O–H groups in total. The SMILES string of the molecule is C/C(O)=C(\C#N)[N+](C)=Cc1ccccc1. The molecule has 1 rings (SSSR count). The first-order valence-electron chi connectivity index (χ1n) is 4.58. The van der Waals surface area contributed by atoms with E-state index in [2.05, 4.69) is 0 Å². The highest BCUT2D eigenvalue weighted by Gasteiger charge is 2.11. The van der Waals surface area contributed by atoms with E-state index in [4.69, 9.17) is 5.26 Å². The second kappa shape index (κ2) is 4.97. The van der Waals surface area contributed by atoms with Gasteiger partial charge in [-0.2, -0.15) is 9.84 Å². The molecule has 1 aromatic carbocycles. The Labute approximate surface area is 89.2 Å². The fraction of sp³-hybridized carbons (Fsp3) is 0.167. The number of benzene rings is 1. The Kier molecular flexibility index (Phi) is 3.64. The standard InChI is InChI=1S/C12H12N2O/c1-10(15)12(8-13)14(2)9-11-6-4-3-5-7-11/h3-7,9H,1-2H3/p+1/b12-10-,14-9?. The molecular weight excluding hydrogens is 188 g/mol. The number of hydrogen-bond donors (Lipinski definition) is 1. The summed E-state index contributed by atoms with van der Waals surface area (Å²) in [6.07, 6.45) is 1.79. The highest BCUT2D eigenvalue weighted by molar-refractivity contribution is 5.75. The van der Waals surface area contributed by atoms with Gasteiger partial charge in [-0.05, 0) is 12.1 Å². The van der Waals surface area contributed by atoms with Gasteiger partial charge in [0.25, 0.3) is 0 Å². The van der Waals surface area contributed by atoms with Crippen LogP contribution < -0.4 is 0 Å². The van der Waals surface area contributed by atoms with Crippen molar-refractivity contribution < 1.29 is 9.68 Å². The summed E-state index contributed by atoms with van der Waals surface area (Å²) in [7, 11) is 1.73. The molecule has 3 heteroatoms. The van der Waals surface area contributed by atoms with E-state index in [1.807, 2.05) is 36.4 Å². The van der Waals surface area contributed by atoms with Crippen LogP contribution in [0.5, 0.6) is 0 Å². The minimum atomic E-state index is 0.0205. The van der Waals surface area contributed by atoms with Gasteiger partial charge in [0.05, 0.1) is 0 Å². The van der Waals surface area contributed by atoms with Gasteiger partial charge in [0.15, 0.2) is 18.0 Å². The fourth-order valence-electron chi connectivity index (χ4n) is 1.24. The Bertz CT molecular complexity index is 434. The molecule has 1 aromatic rings. The normalized spacial score (nSPS) is 13.0. The summed E-state index contributed by atoms with van der Waals surface area (Å²) in [6.45, 7) is 1.49. The van der Waals surface area contributed by atoms with Crippen LogP contribution in [-0.4, -0.2) is 22.9 Å². The van der Waals surface area contributed by atoms with Crippen molar-refractivity contribution in [1.82, 2.24) is 0 Å². The number of nitriles is 1. The Morgan fingerprint density at radius 2 is 2.00 bits per heavy atom. The van der Waals surface area contributed by atoms with Crippen molar-refractivity contribution in [2.45, 2.75) is 6.92 Å². The third kappa shape index (κ3) is 2.96. The van der Waals surface area contributed by atoms with E-state index in [0.717, 1.165) is 5.56 Å². The summed E-state index contributed by atoms with van der Waals surface area (Å²) in [5, 5.41) is 18.1. The molecule has 0 aliphatic carbocycles. The minimum absolute atomic E-state index is 0.0205. The number of aliphatic hydroxyl groups excluding tert-OH is 1. The zero-order valence-electron chi connectivity index (χ0n) is 8.81. The molecule has 15 heavy (non-hydrogen) atoms. The lowest BCUT2D eigenvalue weighted by Gasteiger charge is -1.95. The van der Waals surface area contributed by atoms with Gasteiger partial charge in [-0.15, -0.1) is 0 Å². The molecule has 0 heterocycles. The predicted molar refractivity (Wildman–Crippen MR) is 58.7 cm³/mol. The Hall–Kier alpha value is -2.08. The Morgan fingerprint density at radius 3 is 2.47 bits per heavy atom. The molecule has 0 saturated heterocycles. The van der Waals surface area contributed by atoms with Gasteiger partial charge in [0.2, 0.25) is 0 Å². The smallest absolute Gasteiger partial charge is 0.320 e. The number of allylic oxidation sites excluding steroid dienone is 2. The highest BCUT2D eigenvalue weighted by Crippen LogP contribution is 2.01. The molecular formula is C12H13N2O+. The fourth-order valence-corrected chi connectivity index (χ4v) is 1.24. The molecule has 0 amide bonds. The van der Waals surface area contributed by atoms with Crippen molar-refractivity contribution in [1.29, 1.82) is 5.26 Å². The molecule has 0 bridgehead atoms. The summed E-state index contributed by atoms with van der Waals surface area (Å²) in [6, 6.07) is 11.6. The lowest BCUT2D eigenvalue weighted by molar-refractivity contribution is -0.433. The van der Waals surface area contributed by atoms with E-state index in [1.54, 1.807) is 17.8 Å². The maximum Gasteiger partial charge on any atom is 0.320 e. The lowest BCUT2D eigenvalue weighted by Crippen LogP contribution is -2.08. The van der Waals surface area contributed by atoms with Crippen molar-refractivity contribution in [3.63, 3.8) is 0 Å². The predicted octanol–water partition coefficient (Wildman–Crippen LogP) is 2.06. The van der Waals surface area contributed by atoms with Crippen LogP contribution in [0.1, 0.15) is 12.5 Å². The third-order valence-electron chi connectivity index (χ3n) is 1.94. The van der Waals surface area contributed by atoms with Gasteiger partial charge >= 0.3 is 5.70 Å². The number of hydrogen-bond acceptors (Lipinski definition) is 2. The summed E-state index contributed by atoms with van der Waals surface area (Å²) < 4.78 is 1.60. The molecule has 0 radical (unpaired) electrons. The van der Waals surface area contributed by atoms with Crippen LogP contribution in [0.25, 0.3) is 0 Å². The molecule has 0 aliphatic heterocycles. The number of aliphatic hydroxyl groups is 1. The van der Waals surface area contributed by atoms with E-state index in [0.29, 0.717) is 0 Å². The van der Waals surface area contributed by atoms with Gasteiger partial charge < -0.3 is 5.11 Å². The highest BCUT2D eigenvalue weighted by atomic mass is 16.3. The van der Waals surface area contributed by atoms with Crippen LogP contribution in [0.3, 0.4) is 0 Å². The summed E-state index contributed by atoms with van der Waals surface area (Å²) in [5.74, 6) is 0.0205. The van der Waals surface area contributed by atoms with Gasteiger partial charge in [-0.3, -0.25) is 0 Å². The first kappa shape index (κ1) is 11.0. The van der Waals surface area contributed by atoms with E-state index >= 15 is 0 Å². The van der Waals surface area contributed by atoms with Crippen LogP contribution in [0.4, 0.5) is 0 Å². The molecule has 0 saturated carbocycles. The molecule has 3 nitrogen and oxygen atoms in total. The average Bonchev–Trinajstić information content (AvgIpc) is 2.19. The van der Waals surface area contributed by atoms with Crippen molar-refractivity contribution in [3.05, 3.63) is 47.4 Å². The maximum absolute atomic E-state index is 9.26. The summed E-state index contributed by atoms with van der Waals surface area (Å²) in [4.78, 5) is 0. The Morgan fingerprint density at radius 1 is 1.40 bits per heavy atom. The average molecular weight is 201 g/mol. The van der Waals surface area contributed by atoms with Crippen molar-refractivity contribution >= 4 is 6.21 Å². The largest absolute Gasteiger partial charge is 0.506 e. The second-order valence-electron chi connectivity index (χ2n) is 3.20. The molecule has 0 atom stereocenters. The van der Waals surface area contributed by atoms with Crippen LogP contribution >= 0.6 is 0 Å². The Balaban J connectivity index is 3.06. The van der Waals surface area contributed by atoms with Crippen molar-refractivity contribution in [3.8, 4) is 6.07 Å². The van der Waals surface area contributed by atoms with Crippen molar-refractivity contribution in [2.75, 3.05) is 7.05 Å². The van der Waals surface area contributed by atoms with Gasteiger partial charge in [0, 0.05) is 12.5 Å². The maximum atomic E-state index is 9.26. The molecule has 0 aliphatic rings. The zero-order valence-corrected chi connectivity index (χ0v) is 8.81. The first-order valence-corrected chi connectivity index (χ1v) is 4.58. The number of rotatable bonds is 2. The quantitative estimate of drug-likeness (QED) is 0.344. The van der Waals surface area contributed by atoms with Crippen molar-refractivity contribution in [2.24, 2.45) is 0 Å². The molecule has 0 unspecified atom stereocenters. The number of nitrogens with zero attached hydrogens (tertiary/aromatic N) is 2. The van der Waals surface area contributed by atoms with Crippen LogP contribution in [-0.2, 0) is 0 Å².